The van der Waals surface area contributed by atoms with Gasteiger partial charge in [0.1, 0.15) is 25.6 Å². The molecule has 1 aromatic heterocycles. The van der Waals surface area contributed by atoms with Crippen molar-refractivity contribution in [3.8, 4) is 5.88 Å². The van der Waals surface area contributed by atoms with Crippen LogP contribution in [0.4, 0.5) is 5.69 Å². The standard InChI is InChI=1S/C23H22N4O4S/c28-21(12-27-19-7-3-4-8-20(19)32-14-22(27)29)26-9-10-30-16(11-26)13-31-23-17-5-1-2-6-18(17)24-15-25-23/h1-8,15-16H,9-14H2. The Hall–Kier alpha value is -3.17. The monoisotopic (exact) mass is 450 g/mol. The van der Waals surface area contributed by atoms with E-state index in [1.165, 1.54) is 18.1 Å². The minimum Gasteiger partial charge on any atom is -0.474 e. The van der Waals surface area contributed by atoms with E-state index < -0.39 is 0 Å². The number of nitrogens with zero attached hydrogens (tertiary/aromatic N) is 4. The normalized spacial score (nSPS) is 18.5. The highest BCUT2D eigenvalue weighted by Crippen LogP contribution is 2.34. The zero-order chi connectivity index (χ0) is 21.9. The summed E-state index contributed by atoms with van der Waals surface area (Å²) in [6, 6.07) is 15.3. The van der Waals surface area contributed by atoms with Crippen molar-refractivity contribution >= 4 is 40.2 Å². The van der Waals surface area contributed by atoms with E-state index in [9.17, 15) is 9.59 Å². The number of hydrogen-bond donors (Lipinski definition) is 0. The summed E-state index contributed by atoms with van der Waals surface area (Å²) in [5.74, 6) is 0.693. The number of morpholine rings is 1. The summed E-state index contributed by atoms with van der Waals surface area (Å²) in [5.41, 5.74) is 1.61. The summed E-state index contributed by atoms with van der Waals surface area (Å²) in [7, 11) is 0. The van der Waals surface area contributed by atoms with Crippen LogP contribution in [0.5, 0.6) is 5.88 Å². The first kappa shape index (κ1) is 20.7. The third-order valence-corrected chi connectivity index (χ3v) is 6.55. The van der Waals surface area contributed by atoms with Crippen LogP contribution in [0.1, 0.15) is 0 Å². The number of benzene rings is 2. The van der Waals surface area contributed by atoms with Gasteiger partial charge in [-0.3, -0.25) is 9.59 Å². The molecule has 3 aromatic rings. The van der Waals surface area contributed by atoms with Crippen LogP contribution in [-0.4, -0.2) is 71.4 Å². The Bertz CT molecular complexity index is 1150. The first-order valence-electron chi connectivity index (χ1n) is 10.4. The lowest BCUT2D eigenvalue weighted by Crippen LogP contribution is -2.51. The van der Waals surface area contributed by atoms with Crippen LogP contribution < -0.4 is 9.64 Å². The maximum Gasteiger partial charge on any atom is 0.242 e. The molecule has 3 heterocycles. The first-order chi connectivity index (χ1) is 15.7. The maximum absolute atomic E-state index is 13.0. The summed E-state index contributed by atoms with van der Waals surface area (Å²) in [4.78, 5) is 38.3. The Kier molecular flexibility index (Phi) is 5.91. The summed E-state index contributed by atoms with van der Waals surface area (Å²) in [6.45, 7) is 1.61. The highest BCUT2D eigenvalue weighted by atomic mass is 32.2. The fourth-order valence-corrected chi connectivity index (χ4v) is 4.81. The van der Waals surface area contributed by atoms with Crippen LogP contribution in [0.2, 0.25) is 0 Å². The molecule has 2 aromatic carbocycles. The van der Waals surface area contributed by atoms with Crippen molar-refractivity contribution in [2.45, 2.75) is 11.0 Å². The highest BCUT2D eigenvalue weighted by molar-refractivity contribution is 8.00. The van der Waals surface area contributed by atoms with Crippen LogP contribution in [0, 0.1) is 0 Å². The molecule has 2 aliphatic heterocycles. The fourth-order valence-electron chi connectivity index (χ4n) is 3.88. The zero-order valence-corrected chi connectivity index (χ0v) is 18.2. The number of carbonyl (C=O) groups excluding carboxylic acids is 2. The number of para-hydroxylation sites is 2. The van der Waals surface area contributed by atoms with Crippen LogP contribution in [0.15, 0.2) is 59.8 Å². The lowest BCUT2D eigenvalue weighted by molar-refractivity contribution is -0.139. The molecule has 2 amide bonds. The minimum atomic E-state index is -0.277. The molecular formula is C23H22N4O4S. The second-order valence-electron chi connectivity index (χ2n) is 7.58. The van der Waals surface area contributed by atoms with Crippen molar-refractivity contribution in [1.82, 2.24) is 14.9 Å². The Morgan fingerprint density at radius 2 is 2.00 bits per heavy atom. The molecule has 0 spiro atoms. The molecule has 9 heteroatoms. The number of aromatic nitrogens is 2. The number of thioether (sulfide) groups is 1. The van der Waals surface area contributed by atoms with Crippen molar-refractivity contribution in [2.24, 2.45) is 0 Å². The number of carbonyl (C=O) groups is 2. The van der Waals surface area contributed by atoms with Gasteiger partial charge in [-0.05, 0) is 24.3 Å². The van der Waals surface area contributed by atoms with Crippen molar-refractivity contribution in [1.29, 1.82) is 0 Å². The molecule has 1 saturated heterocycles. The SMILES string of the molecule is O=C(CN1C(=O)CSc2ccccc21)N1CCOC(COc2ncnc3ccccc23)C1. The Labute approximate surface area is 189 Å². The van der Waals surface area contributed by atoms with E-state index in [1.807, 2.05) is 48.5 Å². The summed E-state index contributed by atoms with van der Waals surface area (Å²) < 4.78 is 11.7. The third kappa shape index (κ3) is 4.26. The van der Waals surface area contributed by atoms with Gasteiger partial charge in [-0.25, -0.2) is 9.97 Å². The van der Waals surface area contributed by atoms with E-state index in [2.05, 4.69) is 9.97 Å². The van der Waals surface area contributed by atoms with Crippen molar-refractivity contribution in [3.05, 3.63) is 54.9 Å². The summed E-state index contributed by atoms with van der Waals surface area (Å²) >= 11 is 1.51. The molecule has 1 fully saturated rings. The predicted octanol–water partition coefficient (Wildman–Crippen LogP) is 2.37. The van der Waals surface area contributed by atoms with E-state index >= 15 is 0 Å². The topological polar surface area (TPSA) is 84.9 Å². The van der Waals surface area contributed by atoms with Gasteiger partial charge in [0.05, 0.1) is 35.5 Å². The number of hydrogen-bond acceptors (Lipinski definition) is 7. The predicted molar refractivity (Wildman–Crippen MR) is 121 cm³/mol. The van der Waals surface area contributed by atoms with Gasteiger partial charge in [0.2, 0.25) is 17.7 Å². The van der Waals surface area contributed by atoms with Crippen molar-refractivity contribution in [2.75, 3.05) is 43.5 Å². The fraction of sp³-hybridized carbons (Fsp3) is 0.304. The Morgan fingerprint density at radius 1 is 1.16 bits per heavy atom. The van der Waals surface area contributed by atoms with E-state index in [-0.39, 0.29) is 31.1 Å². The van der Waals surface area contributed by atoms with Gasteiger partial charge in [0, 0.05) is 11.4 Å². The minimum absolute atomic E-state index is 0.0283. The summed E-state index contributed by atoms with van der Waals surface area (Å²) in [6.07, 6.45) is 1.20. The van der Waals surface area contributed by atoms with E-state index in [1.54, 1.807) is 9.80 Å². The second kappa shape index (κ2) is 9.13. The number of amides is 2. The molecule has 0 aliphatic carbocycles. The Balaban J connectivity index is 1.22. The van der Waals surface area contributed by atoms with Crippen LogP contribution in [0.3, 0.4) is 0 Å². The molecule has 1 unspecified atom stereocenters. The average Bonchev–Trinajstić information content (AvgIpc) is 2.84. The molecule has 8 nitrogen and oxygen atoms in total. The molecule has 1 atom stereocenters. The van der Waals surface area contributed by atoms with Crippen molar-refractivity contribution in [3.63, 3.8) is 0 Å². The van der Waals surface area contributed by atoms with Crippen LogP contribution in [0.25, 0.3) is 10.9 Å². The zero-order valence-electron chi connectivity index (χ0n) is 17.3. The van der Waals surface area contributed by atoms with Gasteiger partial charge >= 0.3 is 0 Å². The van der Waals surface area contributed by atoms with Gasteiger partial charge in [-0.2, -0.15) is 0 Å². The number of anilines is 1. The summed E-state index contributed by atoms with van der Waals surface area (Å²) in [5, 5.41) is 0.832. The first-order valence-corrected chi connectivity index (χ1v) is 11.4. The van der Waals surface area contributed by atoms with Gasteiger partial charge in [-0.1, -0.05) is 24.3 Å². The lowest BCUT2D eigenvalue weighted by Gasteiger charge is -2.35. The van der Waals surface area contributed by atoms with Gasteiger partial charge in [0.25, 0.3) is 0 Å². The van der Waals surface area contributed by atoms with E-state index in [0.717, 1.165) is 21.5 Å². The largest absolute Gasteiger partial charge is 0.474 e. The molecule has 5 rings (SSSR count). The maximum atomic E-state index is 13.0. The number of ether oxygens (including phenoxy) is 2. The molecule has 0 radical (unpaired) electrons. The molecule has 2 aliphatic rings. The van der Waals surface area contributed by atoms with Gasteiger partial charge < -0.3 is 19.3 Å². The van der Waals surface area contributed by atoms with Crippen LogP contribution >= 0.6 is 11.8 Å². The smallest absolute Gasteiger partial charge is 0.242 e. The van der Waals surface area contributed by atoms with Crippen molar-refractivity contribution < 1.29 is 19.1 Å². The molecular weight excluding hydrogens is 428 g/mol. The lowest BCUT2D eigenvalue weighted by atomic mass is 10.2. The highest BCUT2D eigenvalue weighted by Gasteiger charge is 2.30. The van der Waals surface area contributed by atoms with Crippen LogP contribution in [-0.2, 0) is 14.3 Å². The van der Waals surface area contributed by atoms with Gasteiger partial charge in [0.15, 0.2) is 0 Å². The van der Waals surface area contributed by atoms with Gasteiger partial charge in [-0.15, -0.1) is 11.8 Å². The average molecular weight is 451 g/mol. The quantitative estimate of drug-likeness (QED) is 0.590. The molecule has 164 valence electrons. The molecule has 32 heavy (non-hydrogen) atoms. The second-order valence-corrected chi connectivity index (χ2v) is 8.59. The molecule has 0 bridgehead atoms. The third-order valence-electron chi connectivity index (χ3n) is 5.51. The number of fused-ring (bicyclic) bond motifs is 2. The van der Waals surface area contributed by atoms with E-state index in [0.29, 0.717) is 31.3 Å². The molecule has 0 N–H and O–H groups in total. The Morgan fingerprint density at radius 3 is 2.94 bits per heavy atom. The number of rotatable bonds is 5. The van der Waals surface area contributed by atoms with E-state index in [4.69, 9.17) is 9.47 Å². The molecule has 0 saturated carbocycles.